The lowest BCUT2D eigenvalue weighted by molar-refractivity contribution is -0.152. The van der Waals surface area contributed by atoms with E-state index < -0.39 is 11.4 Å². The van der Waals surface area contributed by atoms with E-state index >= 15 is 0 Å². The summed E-state index contributed by atoms with van der Waals surface area (Å²) in [7, 11) is 0. The molecule has 0 saturated heterocycles. The monoisotopic (exact) mass is 174 g/mol. The van der Waals surface area contributed by atoms with Crippen LogP contribution >= 0.6 is 0 Å². The predicted octanol–water partition coefficient (Wildman–Crippen LogP) is 1.65. The van der Waals surface area contributed by atoms with Crippen molar-refractivity contribution in [3.8, 4) is 0 Å². The molecule has 72 valence electrons. The van der Waals surface area contributed by atoms with E-state index in [1.54, 1.807) is 6.92 Å². The van der Waals surface area contributed by atoms with Gasteiger partial charge in [0.15, 0.2) is 0 Å². The summed E-state index contributed by atoms with van der Waals surface area (Å²) in [4.78, 5) is 10.8. The molecule has 0 bridgehead atoms. The molecule has 0 radical (unpaired) electrons. The summed E-state index contributed by atoms with van der Waals surface area (Å²) in [5.41, 5.74) is -0.893. The molecule has 0 amide bonds. The van der Waals surface area contributed by atoms with Crippen molar-refractivity contribution in [2.75, 3.05) is 6.61 Å². The average Bonchev–Trinajstić information content (AvgIpc) is 2.07. The summed E-state index contributed by atoms with van der Waals surface area (Å²) in [5, 5.41) is 17.9. The van der Waals surface area contributed by atoms with E-state index in [0.717, 1.165) is 12.8 Å². The number of carboxylic acids is 1. The number of aliphatic carboxylic acids is 1. The van der Waals surface area contributed by atoms with Gasteiger partial charge in [0, 0.05) is 0 Å². The van der Waals surface area contributed by atoms with E-state index in [1.807, 2.05) is 6.92 Å². The highest BCUT2D eigenvalue weighted by molar-refractivity contribution is 5.74. The standard InChI is InChI=1S/C9H18O3/c1-3-5-6-9(4-2,7-10)8(11)12/h10H,3-7H2,1-2H3,(H,11,12)/t9-/m0/s1. The Labute approximate surface area is 73.4 Å². The van der Waals surface area contributed by atoms with Crippen LogP contribution in [0.5, 0.6) is 0 Å². The van der Waals surface area contributed by atoms with Gasteiger partial charge in [-0.3, -0.25) is 4.79 Å². The molecule has 0 aromatic heterocycles. The summed E-state index contributed by atoms with van der Waals surface area (Å²) < 4.78 is 0. The highest BCUT2D eigenvalue weighted by Gasteiger charge is 2.34. The van der Waals surface area contributed by atoms with Crippen molar-refractivity contribution in [3.05, 3.63) is 0 Å². The van der Waals surface area contributed by atoms with Crippen molar-refractivity contribution in [1.82, 2.24) is 0 Å². The van der Waals surface area contributed by atoms with Gasteiger partial charge in [0.05, 0.1) is 12.0 Å². The molecule has 0 fully saturated rings. The fraction of sp³-hybridized carbons (Fsp3) is 0.889. The Kier molecular flexibility index (Phi) is 4.90. The lowest BCUT2D eigenvalue weighted by atomic mass is 9.81. The average molecular weight is 174 g/mol. The first-order chi connectivity index (χ1) is 5.63. The molecule has 0 aromatic carbocycles. The minimum absolute atomic E-state index is 0.251. The van der Waals surface area contributed by atoms with Gasteiger partial charge in [-0.05, 0) is 12.8 Å². The molecule has 0 spiro atoms. The third-order valence-corrected chi connectivity index (χ3v) is 2.44. The molecule has 0 heterocycles. The summed E-state index contributed by atoms with van der Waals surface area (Å²) >= 11 is 0. The molecule has 0 saturated carbocycles. The number of rotatable bonds is 6. The molecule has 2 N–H and O–H groups in total. The van der Waals surface area contributed by atoms with Gasteiger partial charge >= 0.3 is 5.97 Å². The van der Waals surface area contributed by atoms with Gasteiger partial charge < -0.3 is 10.2 Å². The first-order valence-electron chi connectivity index (χ1n) is 4.47. The van der Waals surface area contributed by atoms with Crippen molar-refractivity contribution >= 4 is 5.97 Å². The fourth-order valence-corrected chi connectivity index (χ4v) is 1.21. The molecule has 3 heteroatoms. The quantitative estimate of drug-likeness (QED) is 0.643. The van der Waals surface area contributed by atoms with E-state index in [4.69, 9.17) is 10.2 Å². The van der Waals surface area contributed by atoms with Crippen LogP contribution in [0, 0.1) is 5.41 Å². The fourth-order valence-electron chi connectivity index (χ4n) is 1.21. The highest BCUT2D eigenvalue weighted by Crippen LogP contribution is 2.28. The number of hydrogen-bond acceptors (Lipinski definition) is 2. The third kappa shape index (κ3) is 2.48. The summed E-state index contributed by atoms with van der Waals surface area (Å²) in [6, 6.07) is 0. The second-order valence-corrected chi connectivity index (χ2v) is 3.20. The maximum absolute atomic E-state index is 10.8. The topological polar surface area (TPSA) is 57.5 Å². The Morgan fingerprint density at radius 1 is 1.42 bits per heavy atom. The van der Waals surface area contributed by atoms with Crippen molar-refractivity contribution in [2.24, 2.45) is 5.41 Å². The zero-order chi connectivity index (χ0) is 9.61. The normalized spacial score (nSPS) is 15.6. The maximum Gasteiger partial charge on any atom is 0.311 e. The van der Waals surface area contributed by atoms with Gasteiger partial charge in [0.1, 0.15) is 0 Å². The Hall–Kier alpha value is -0.570. The number of unbranched alkanes of at least 4 members (excludes halogenated alkanes) is 1. The van der Waals surface area contributed by atoms with Crippen LogP contribution in [0.4, 0.5) is 0 Å². The summed E-state index contributed by atoms with van der Waals surface area (Å²) in [6.07, 6.45) is 2.90. The second-order valence-electron chi connectivity index (χ2n) is 3.20. The number of carbonyl (C=O) groups is 1. The molecule has 3 nitrogen and oxygen atoms in total. The third-order valence-electron chi connectivity index (χ3n) is 2.44. The first-order valence-corrected chi connectivity index (χ1v) is 4.47. The van der Waals surface area contributed by atoms with Gasteiger partial charge in [-0.15, -0.1) is 0 Å². The van der Waals surface area contributed by atoms with Crippen LogP contribution < -0.4 is 0 Å². The predicted molar refractivity (Wildman–Crippen MR) is 47.0 cm³/mol. The SMILES string of the molecule is CCCC[C@@](CC)(CO)C(=O)O. The number of aliphatic hydroxyl groups excluding tert-OH is 1. The van der Waals surface area contributed by atoms with Crippen LogP contribution in [-0.2, 0) is 4.79 Å². The summed E-state index contributed by atoms with van der Waals surface area (Å²) in [5.74, 6) is -0.874. The minimum Gasteiger partial charge on any atom is -0.481 e. The Morgan fingerprint density at radius 2 is 2.00 bits per heavy atom. The minimum atomic E-state index is -0.893. The van der Waals surface area contributed by atoms with Crippen LogP contribution in [0.1, 0.15) is 39.5 Å². The number of aliphatic hydroxyl groups is 1. The zero-order valence-corrected chi connectivity index (χ0v) is 7.84. The molecule has 0 unspecified atom stereocenters. The molecule has 0 aliphatic heterocycles. The van der Waals surface area contributed by atoms with Crippen LogP contribution in [0.25, 0.3) is 0 Å². The van der Waals surface area contributed by atoms with Gasteiger partial charge in [0.25, 0.3) is 0 Å². The highest BCUT2D eigenvalue weighted by atomic mass is 16.4. The van der Waals surface area contributed by atoms with Crippen LogP contribution in [-0.4, -0.2) is 22.8 Å². The van der Waals surface area contributed by atoms with Crippen molar-refractivity contribution < 1.29 is 15.0 Å². The lowest BCUT2D eigenvalue weighted by Gasteiger charge is -2.25. The van der Waals surface area contributed by atoms with E-state index in [1.165, 1.54) is 0 Å². The van der Waals surface area contributed by atoms with E-state index in [0.29, 0.717) is 12.8 Å². The van der Waals surface area contributed by atoms with Gasteiger partial charge in [-0.25, -0.2) is 0 Å². The van der Waals surface area contributed by atoms with Crippen molar-refractivity contribution in [3.63, 3.8) is 0 Å². The number of hydrogen-bond donors (Lipinski definition) is 2. The van der Waals surface area contributed by atoms with E-state index in [2.05, 4.69) is 0 Å². The molecule has 0 rings (SSSR count). The molecule has 0 aliphatic rings. The largest absolute Gasteiger partial charge is 0.481 e. The smallest absolute Gasteiger partial charge is 0.311 e. The Bertz CT molecular complexity index is 139. The zero-order valence-electron chi connectivity index (χ0n) is 7.84. The molecular weight excluding hydrogens is 156 g/mol. The van der Waals surface area contributed by atoms with Gasteiger partial charge in [0.2, 0.25) is 0 Å². The lowest BCUT2D eigenvalue weighted by Crippen LogP contribution is -2.34. The van der Waals surface area contributed by atoms with Gasteiger partial charge in [-0.2, -0.15) is 0 Å². The molecule has 0 aliphatic carbocycles. The van der Waals surface area contributed by atoms with Crippen LogP contribution in [0.2, 0.25) is 0 Å². The van der Waals surface area contributed by atoms with E-state index in [9.17, 15) is 4.79 Å². The van der Waals surface area contributed by atoms with Crippen LogP contribution in [0.15, 0.2) is 0 Å². The van der Waals surface area contributed by atoms with Crippen LogP contribution in [0.3, 0.4) is 0 Å². The Morgan fingerprint density at radius 3 is 2.25 bits per heavy atom. The summed E-state index contributed by atoms with van der Waals surface area (Å²) in [6.45, 7) is 3.57. The Balaban J connectivity index is 4.25. The van der Waals surface area contributed by atoms with Gasteiger partial charge in [-0.1, -0.05) is 26.7 Å². The molecule has 1 atom stereocenters. The van der Waals surface area contributed by atoms with Crippen molar-refractivity contribution in [1.29, 1.82) is 0 Å². The molecular formula is C9H18O3. The second kappa shape index (κ2) is 5.14. The first kappa shape index (κ1) is 11.4. The molecule has 0 aromatic rings. The van der Waals surface area contributed by atoms with Crippen molar-refractivity contribution in [2.45, 2.75) is 39.5 Å². The number of carboxylic acid groups (broad SMARTS) is 1. The van der Waals surface area contributed by atoms with E-state index in [-0.39, 0.29) is 6.61 Å². The maximum atomic E-state index is 10.8. The molecule has 12 heavy (non-hydrogen) atoms.